The van der Waals surface area contributed by atoms with Crippen molar-refractivity contribution in [2.45, 2.75) is 16.4 Å². The zero-order valence-electron chi connectivity index (χ0n) is 8.76. The first-order chi connectivity index (χ1) is 7.79. The van der Waals surface area contributed by atoms with Crippen LogP contribution < -0.4 is 5.73 Å². The maximum absolute atomic E-state index is 9.21. The number of nitrogen functional groups attached to an aromatic ring is 1. The summed E-state index contributed by atoms with van der Waals surface area (Å²) in [4.78, 5) is 2.15. The molecule has 0 radical (unpaired) electrons. The fourth-order valence-electron chi connectivity index (χ4n) is 1.44. The zero-order chi connectivity index (χ0) is 11.4. The molecule has 0 amide bonds. The van der Waals surface area contributed by atoms with E-state index in [-0.39, 0.29) is 6.61 Å². The van der Waals surface area contributed by atoms with Gasteiger partial charge in [0.05, 0.1) is 6.61 Å². The Bertz CT molecular complexity index is 485. The normalized spacial score (nSPS) is 10.3. The average molecular weight is 231 g/mol. The highest BCUT2D eigenvalue weighted by Crippen LogP contribution is 2.31. The second-order valence-electron chi connectivity index (χ2n) is 3.44. The number of anilines is 1. The lowest BCUT2D eigenvalue weighted by molar-refractivity contribution is 0.279. The molecule has 0 aliphatic rings. The highest BCUT2D eigenvalue weighted by Gasteiger charge is 2.02. The molecule has 0 aliphatic carbocycles. The minimum Gasteiger partial charge on any atom is -0.399 e. The Morgan fingerprint density at radius 1 is 1.06 bits per heavy atom. The van der Waals surface area contributed by atoms with Gasteiger partial charge >= 0.3 is 0 Å². The number of rotatable bonds is 3. The Hall–Kier alpha value is -1.45. The van der Waals surface area contributed by atoms with Crippen molar-refractivity contribution in [3.8, 4) is 0 Å². The first-order valence-electron chi connectivity index (χ1n) is 5.02. The lowest BCUT2D eigenvalue weighted by atomic mass is 10.2. The quantitative estimate of drug-likeness (QED) is 0.798. The lowest BCUT2D eigenvalue weighted by Crippen LogP contribution is -1.87. The molecular formula is C13H13NOS. The van der Waals surface area contributed by atoms with Crippen molar-refractivity contribution in [2.24, 2.45) is 0 Å². The highest BCUT2D eigenvalue weighted by molar-refractivity contribution is 7.99. The van der Waals surface area contributed by atoms with Crippen molar-refractivity contribution >= 4 is 17.4 Å². The average Bonchev–Trinajstić information content (AvgIpc) is 2.30. The van der Waals surface area contributed by atoms with Crippen molar-refractivity contribution in [2.75, 3.05) is 5.73 Å². The molecule has 0 atom stereocenters. The van der Waals surface area contributed by atoms with Gasteiger partial charge in [-0.2, -0.15) is 0 Å². The van der Waals surface area contributed by atoms with E-state index < -0.39 is 0 Å². The van der Waals surface area contributed by atoms with Crippen molar-refractivity contribution in [1.29, 1.82) is 0 Å². The molecule has 0 saturated carbocycles. The first-order valence-corrected chi connectivity index (χ1v) is 5.83. The fraction of sp³-hybridized carbons (Fsp3) is 0.0769. The van der Waals surface area contributed by atoms with Gasteiger partial charge in [-0.3, -0.25) is 0 Å². The van der Waals surface area contributed by atoms with Gasteiger partial charge in [-0.05, 0) is 29.8 Å². The molecule has 0 bridgehead atoms. The molecular weight excluding hydrogens is 218 g/mol. The molecule has 0 aromatic heterocycles. The standard InChI is InChI=1S/C13H13NOS/c14-11-5-3-6-12(8-11)16-13-7-2-1-4-10(13)9-15/h1-8,15H,9,14H2. The third-order valence-corrected chi connectivity index (χ3v) is 3.34. The van der Waals surface area contributed by atoms with Crippen molar-refractivity contribution < 1.29 is 5.11 Å². The number of aliphatic hydroxyl groups is 1. The van der Waals surface area contributed by atoms with Gasteiger partial charge in [-0.1, -0.05) is 36.0 Å². The van der Waals surface area contributed by atoms with Crippen LogP contribution in [-0.2, 0) is 6.61 Å². The molecule has 3 N–H and O–H groups in total. The van der Waals surface area contributed by atoms with Crippen molar-refractivity contribution in [1.82, 2.24) is 0 Å². The summed E-state index contributed by atoms with van der Waals surface area (Å²) in [6, 6.07) is 15.5. The van der Waals surface area contributed by atoms with Crippen LogP contribution in [0.4, 0.5) is 5.69 Å². The van der Waals surface area contributed by atoms with E-state index in [2.05, 4.69) is 0 Å². The van der Waals surface area contributed by atoms with Gasteiger partial charge in [0, 0.05) is 15.5 Å². The Morgan fingerprint density at radius 3 is 2.62 bits per heavy atom. The van der Waals surface area contributed by atoms with E-state index in [0.29, 0.717) is 0 Å². The summed E-state index contributed by atoms with van der Waals surface area (Å²) >= 11 is 1.61. The van der Waals surface area contributed by atoms with E-state index in [1.165, 1.54) is 0 Å². The summed E-state index contributed by atoms with van der Waals surface area (Å²) in [6.07, 6.45) is 0. The van der Waals surface area contributed by atoms with Gasteiger partial charge in [0.1, 0.15) is 0 Å². The van der Waals surface area contributed by atoms with E-state index in [9.17, 15) is 5.11 Å². The van der Waals surface area contributed by atoms with Gasteiger partial charge in [0.15, 0.2) is 0 Å². The van der Waals surface area contributed by atoms with Gasteiger partial charge in [0.25, 0.3) is 0 Å². The lowest BCUT2D eigenvalue weighted by Gasteiger charge is -2.06. The van der Waals surface area contributed by atoms with Crippen LogP contribution in [0.5, 0.6) is 0 Å². The molecule has 2 rings (SSSR count). The number of hydrogen-bond donors (Lipinski definition) is 2. The van der Waals surface area contributed by atoms with E-state index in [0.717, 1.165) is 21.0 Å². The smallest absolute Gasteiger partial charge is 0.0692 e. The third kappa shape index (κ3) is 2.56. The highest BCUT2D eigenvalue weighted by atomic mass is 32.2. The van der Waals surface area contributed by atoms with E-state index in [1.807, 2.05) is 48.5 Å². The Labute approximate surface area is 99.1 Å². The fourth-order valence-corrected chi connectivity index (χ4v) is 2.44. The molecule has 16 heavy (non-hydrogen) atoms. The Balaban J connectivity index is 2.26. The van der Waals surface area contributed by atoms with Crippen molar-refractivity contribution in [3.05, 3.63) is 54.1 Å². The molecule has 2 nitrogen and oxygen atoms in total. The largest absolute Gasteiger partial charge is 0.399 e. The summed E-state index contributed by atoms with van der Waals surface area (Å²) in [7, 11) is 0. The van der Waals surface area contributed by atoms with Gasteiger partial charge in [-0.25, -0.2) is 0 Å². The summed E-state index contributed by atoms with van der Waals surface area (Å²) in [6.45, 7) is 0.0610. The van der Waals surface area contributed by atoms with E-state index in [4.69, 9.17) is 5.73 Å². The predicted molar refractivity (Wildman–Crippen MR) is 67.3 cm³/mol. The van der Waals surface area contributed by atoms with E-state index >= 15 is 0 Å². The van der Waals surface area contributed by atoms with Crippen LogP contribution in [0.25, 0.3) is 0 Å². The molecule has 0 heterocycles. The summed E-state index contributed by atoms with van der Waals surface area (Å²) in [5.41, 5.74) is 7.42. The molecule has 0 fully saturated rings. The maximum Gasteiger partial charge on any atom is 0.0692 e. The van der Waals surface area contributed by atoms with Gasteiger partial charge < -0.3 is 10.8 Å². The van der Waals surface area contributed by atoms with Crippen LogP contribution in [0.15, 0.2) is 58.3 Å². The Morgan fingerprint density at radius 2 is 1.88 bits per heavy atom. The summed E-state index contributed by atoms with van der Waals surface area (Å²) < 4.78 is 0. The number of hydrogen-bond acceptors (Lipinski definition) is 3. The zero-order valence-corrected chi connectivity index (χ0v) is 9.58. The first kappa shape index (κ1) is 11.0. The van der Waals surface area contributed by atoms with Gasteiger partial charge in [-0.15, -0.1) is 0 Å². The molecule has 2 aromatic carbocycles. The third-order valence-electron chi connectivity index (χ3n) is 2.23. The molecule has 0 saturated heterocycles. The number of benzene rings is 2. The second-order valence-corrected chi connectivity index (χ2v) is 4.56. The topological polar surface area (TPSA) is 46.2 Å². The van der Waals surface area contributed by atoms with Crippen LogP contribution in [0.2, 0.25) is 0 Å². The van der Waals surface area contributed by atoms with E-state index in [1.54, 1.807) is 11.8 Å². The van der Waals surface area contributed by atoms with Crippen LogP contribution in [0.3, 0.4) is 0 Å². The molecule has 2 aromatic rings. The number of nitrogens with two attached hydrogens (primary N) is 1. The molecule has 3 heteroatoms. The SMILES string of the molecule is Nc1cccc(Sc2ccccc2CO)c1. The van der Waals surface area contributed by atoms with Crippen molar-refractivity contribution in [3.63, 3.8) is 0 Å². The summed E-state index contributed by atoms with van der Waals surface area (Å²) in [5, 5.41) is 9.21. The minimum absolute atomic E-state index is 0.0610. The maximum atomic E-state index is 9.21. The molecule has 82 valence electrons. The molecule has 0 spiro atoms. The predicted octanol–water partition coefficient (Wildman–Crippen LogP) is 2.91. The van der Waals surface area contributed by atoms with Gasteiger partial charge in [0.2, 0.25) is 0 Å². The molecule has 0 unspecified atom stereocenters. The van der Waals surface area contributed by atoms with Crippen LogP contribution in [0, 0.1) is 0 Å². The van der Waals surface area contributed by atoms with Crippen LogP contribution >= 0.6 is 11.8 Å². The minimum atomic E-state index is 0.0610. The number of aliphatic hydroxyl groups excluding tert-OH is 1. The van der Waals surface area contributed by atoms with Crippen LogP contribution in [0.1, 0.15) is 5.56 Å². The Kier molecular flexibility index (Phi) is 3.49. The monoisotopic (exact) mass is 231 g/mol. The van der Waals surface area contributed by atoms with Crippen LogP contribution in [-0.4, -0.2) is 5.11 Å². The second kappa shape index (κ2) is 5.05. The summed E-state index contributed by atoms with van der Waals surface area (Å²) in [5.74, 6) is 0. The molecule has 0 aliphatic heterocycles.